The SMILES string of the molecule is CC/C=C\C/C=C\C/C=C\C/C=C\C/C=C\C/C=C\C/C=C\CCCCCCCCCCCC(=O)OC(COC(=O)C/C=C\C/C=C\C/C=C\C/C=C\C/C=C\CC)COC(OCC[N+](C)(C)C)C(=O)[O-]. The number of allylic oxidation sites excluding steroid dienone is 23. The van der Waals surface area contributed by atoms with E-state index in [0.717, 1.165) is 96.3 Å². The van der Waals surface area contributed by atoms with Crippen LogP contribution in [0, 0.1) is 0 Å². The summed E-state index contributed by atoms with van der Waals surface area (Å²) < 4.78 is 22.5. The summed E-state index contributed by atoms with van der Waals surface area (Å²) >= 11 is 0. The lowest BCUT2D eigenvalue weighted by Crippen LogP contribution is -2.44. The molecule has 0 saturated heterocycles. The van der Waals surface area contributed by atoms with Gasteiger partial charge in [-0.15, -0.1) is 0 Å². The van der Waals surface area contributed by atoms with E-state index in [2.05, 4.69) is 141 Å². The number of nitrogens with zero attached hydrogens (tertiary/aromatic N) is 1. The van der Waals surface area contributed by atoms with Crippen molar-refractivity contribution < 1.29 is 42.9 Å². The molecule has 0 aromatic rings. The highest BCUT2D eigenvalue weighted by Gasteiger charge is 2.21. The molecule has 0 heterocycles. The van der Waals surface area contributed by atoms with Crippen molar-refractivity contribution in [2.45, 2.75) is 180 Å². The number of quaternary nitrogens is 1. The van der Waals surface area contributed by atoms with Gasteiger partial charge in [-0.3, -0.25) is 9.59 Å². The van der Waals surface area contributed by atoms with E-state index in [1.165, 1.54) is 32.1 Å². The molecule has 0 saturated carbocycles. The largest absolute Gasteiger partial charge is 0.545 e. The number of carbonyl (C=O) groups is 3. The molecule has 9 heteroatoms. The first-order valence-electron chi connectivity index (χ1n) is 27.0. The van der Waals surface area contributed by atoms with Gasteiger partial charge in [-0.2, -0.15) is 0 Å². The summed E-state index contributed by atoms with van der Waals surface area (Å²) in [5, 5.41) is 11.7. The minimum atomic E-state index is -1.65. The van der Waals surface area contributed by atoms with E-state index < -0.39 is 30.3 Å². The molecular formula is C62H97NO8. The van der Waals surface area contributed by atoms with Crippen molar-refractivity contribution in [3.8, 4) is 0 Å². The van der Waals surface area contributed by atoms with Gasteiger partial charge in [0.05, 0.1) is 46.7 Å². The fraction of sp³-hybridized carbons (Fsp3) is 0.565. The number of hydrogen-bond donors (Lipinski definition) is 0. The molecule has 0 aromatic carbocycles. The zero-order chi connectivity index (χ0) is 52.0. The average molecular weight is 984 g/mol. The summed E-state index contributed by atoms with van der Waals surface area (Å²) in [6.45, 7) is 4.36. The Morgan fingerprint density at radius 2 is 0.803 bits per heavy atom. The van der Waals surface area contributed by atoms with E-state index in [1.54, 1.807) is 6.08 Å². The van der Waals surface area contributed by atoms with Crippen molar-refractivity contribution in [1.82, 2.24) is 0 Å². The number of esters is 2. The van der Waals surface area contributed by atoms with Crippen molar-refractivity contribution in [2.75, 3.05) is 47.5 Å². The molecule has 0 aliphatic heterocycles. The molecule has 0 fully saturated rings. The predicted octanol–water partition coefficient (Wildman–Crippen LogP) is 14.3. The summed E-state index contributed by atoms with van der Waals surface area (Å²) in [5.74, 6) is -2.48. The molecule has 2 atom stereocenters. The number of carboxylic acids is 1. The monoisotopic (exact) mass is 984 g/mol. The van der Waals surface area contributed by atoms with E-state index in [1.807, 2.05) is 33.3 Å². The third kappa shape index (κ3) is 52.8. The fourth-order valence-electron chi connectivity index (χ4n) is 6.53. The number of likely N-dealkylation sites (N-methyl/N-ethyl adjacent to an activating group) is 1. The molecule has 0 aliphatic rings. The van der Waals surface area contributed by atoms with Crippen LogP contribution in [-0.2, 0) is 33.3 Å². The van der Waals surface area contributed by atoms with E-state index in [4.69, 9.17) is 18.9 Å². The molecule has 71 heavy (non-hydrogen) atoms. The van der Waals surface area contributed by atoms with E-state index >= 15 is 0 Å². The number of unbranched alkanes of at least 4 members (excludes halogenated alkanes) is 9. The lowest BCUT2D eigenvalue weighted by molar-refractivity contribution is -0.870. The van der Waals surface area contributed by atoms with Crippen LogP contribution >= 0.6 is 0 Å². The third-order valence-electron chi connectivity index (χ3n) is 10.6. The van der Waals surface area contributed by atoms with E-state index in [9.17, 15) is 19.5 Å². The molecule has 0 aromatic heterocycles. The molecular weight excluding hydrogens is 887 g/mol. The molecule has 0 amide bonds. The smallest absolute Gasteiger partial charge is 0.309 e. The normalized spacial score (nSPS) is 14.0. The van der Waals surface area contributed by atoms with Crippen molar-refractivity contribution in [3.05, 3.63) is 146 Å². The molecule has 0 spiro atoms. The maximum atomic E-state index is 12.8. The Bertz CT molecular complexity index is 1670. The van der Waals surface area contributed by atoms with Gasteiger partial charge < -0.3 is 33.3 Å². The van der Waals surface area contributed by atoms with Crippen LogP contribution in [0.4, 0.5) is 0 Å². The molecule has 0 bridgehead atoms. The summed E-state index contributed by atoms with van der Waals surface area (Å²) in [4.78, 5) is 37.1. The second-order valence-electron chi connectivity index (χ2n) is 18.4. The highest BCUT2D eigenvalue weighted by atomic mass is 16.7. The average Bonchev–Trinajstić information content (AvgIpc) is 3.34. The van der Waals surface area contributed by atoms with Gasteiger partial charge in [0.15, 0.2) is 12.4 Å². The molecule has 9 nitrogen and oxygen atoms in total. The number of carboxylic acid groups (broad SMARTS) is 1. The summed E-state index contributed by atoms with van der Waals surface area (Å²) in [6, 6.07) is 0. The first-order valence-corrected chi connectivity index (χ1v) is 27.0. The van der Waals surface area contributed by atoms with Crippen LogP contribution in [-0.4, -0.2) is 82.3 Å². The van der Waals surface area contributed by atoms with Gasteiger partial charge in [0.1, 0.15) is 13.2 Å². The van der Waals surface area contributed by atoms with Gasteiger partial charge in [-0.25, -0.2) is 0 Å². The van der Waals surface area contributed by atoms with Crippen LogP contribution in [0.1, 0.15) is 168 Å². The molecule has 398 valence electrons. The second-order valence-corrected chi connectivity index (χ2v) is 18.4. The Balaban J connectivity index is 4.36. The van der Waals surface area contributed by atoms with Crippen molar-refractivity contribution in [2.24, 2.45) is 0 Å². The highest BCUT2D eigenvalue weighted by molar-refractivity contribution is 5.71. The van der Waals surface area contributed by atoms with Crippen LogP contribution in [0.2, 0.25) is 0 Å². The zero-order valence-corrected chi connectivity index (χ0v) is 45.0. The lowest BCUT2D eigenvalue weighted by Gasteiger charge is -2.26. The first-order chi connectivity index (χ1) is 34.6. The van der Waals surface area contributed by atoms with Crippen LogP contribution in [0.25, 0.3) is 0 Å². The quantitative estimate of drug-likeness (QED) is 0.0195. The molecule has 0 N–H and O–H groups in total. The molecule has 2 unspecified atom stereocenters. The molecule has 0 rings (SSSR count). The molecule has 0 aliphatic carbocycles. The Kier molecular flexibility index (Phi) is 48.0. The van der Waals surface area contributed by atoms with E-state index in [0.29, 0.717) is 23.9 Å². The number of rotatable bonds is 47. The Morgan fingerprint density at radius 3 is 1.20 bits per heavy atom. The van der Waals surface area contributed by atoms with Gasteiger partial charge in [0.25, 0.3) is 0 Å². The van der Waals surface area contributed by atoms with Crippen molar-refractivity contribution in [3.63, 3.8) is 0 Å². The first kappa shape index (κ1) is 66.2. The maximum Gasteiger partial charge on any atom is 0.309 e. The summed E-state index contributed by atoms with van der Waals surface area (Å²) in [6.07, 6.45) is 72.1. The lowest BCUT2D eigenvalue weighted by atomic mass is 10.1. The summed E-state index contributed by atoms with van der Waals surface area (Å²) in [5.41, 5.74) is 0. The Morgan fingerprint density at radius 1 is 0.437 bits per heavy atom. The number of hydrogen-bond acceptors (Lipinski definition) is 8. The minimum Gasteiger partial charge on any atom is -0.545 e. The topological polar surface area (TPSA) is 111 Å². The van der Waals surface area contributed by atoms with Gasteiger partial charge >= 0.3 is 11.9 Å². The highest BCUT2D eigenvalue weighted by Crippen LogP contribution is 2.13. The predicted molar refractivity (Wildman–Crippen MR) is 296 cm³/mol. The Labute approximate surface area is 432 Å². The molecule has 0 radical (unpaired) electrons. The van der Waals surface area contributed by atoms with Gasteiger partial charge in [-0.1, -0.05) is 205 Å². The van der Waals surface area contributed by atoms with Crippen LogP contribution in [0.3, 0.4) is 0 Å². The van der Waals surface area contributed by atoms with Crippen LogP contribution in [0.5, 0.6) is 0 Å². The number of ether oxygens (including phenoxy) is 4. The number of aliphatic carboxylic acids is 1. The van der Waals surface area contributed by atoms with Crippen LogP contribution < -0.4 is 5.11 Å². The van der Waals surface area contributed by atoms with Crippen LogP contribution in [0.15, 0.2) is 146 Å². The summed E-state index contributed by atoms with van der Waals surface area (Å²) in [7, 11) is 5.87. The standard InChI is InChI=1S/C62H97NO8/c1-6-8-10-12-14-16-18-20-22-23-24-25-26-27-28-29-30-31-32-33-34-35-36-37-39-41-43-45-47-49-51-53-60(65)71-58(57-70-62(61(66)67)68-55-54-63(3,4)5)56-69-59(64)52-50-48-46-44-42-40-38-21-19-17-15-13-11-9-7-2/h8-11,14-17,20-22,24-25,27-28,30-31,33-34,38,42,44,48,50,58,62H,6-7,12-13,18-19,23,26,29,32,35-37,39-41,43,45-47,49,51-57H2,1-5H3/b10-8-,11-9-,16-14-,17-15-,22-20-,25-24-,28-27-,31-30-,34-33-,38-21-,44-42-,50-48-. The zero-order valence-electron chi connectivity index (χ0n) is 45.0. The van der Waals surface area contributed by atoms with Crippen molar-refractivity contribution >= 4 is 17.9 Å². The number of carbonyl (C=O) groups excluding carboxylic acids is 3. The van der Waals surface area contributed by atoms with Gasteiger partial charge in [-0.05, 0) is 96.3 Å². The minimum absolute atomic E-state index is 0.0501. The van der Waals surface area contributed by atoms with E-state index in [-0.39, 0.29) is 32.7 Å². The van der Waals surface area contributed by atoms with Gasteiger partial charge in [0, 0.05) is 6.42 Å². The Hall–Kier alpha value is -4.83. The second kappa shape index (κ2) is 51.5. The third-order valence-corrected chi connectivity index (χ3v) is 10.6. The fourth-order valence-corrected chi connectivity index (χ4v) is 6.53. The maximum absolute atomic E-state index is 12.8. The van der Waals surface area contributed by atoms with Gasteiger partial charge in [0.2, 0.25) is 0 Å². The van der Waals surface area contributed by atoms with Crippen molar-refractivity contribution in [1.29, 1.82) is 0 Å².